The molecule has 20 saturated heterocycles. The summed E-state index contributed by atoms with van der Waals surface area (Å²) >= 11 is 0. The molecular formula is C27H32Fe2. The van der Waals surface area contributed by atoms with Crippen LogP contribution < -0.4 is 0 Å². The molecule has 20 fully saturated rings. The van der Waals surface area contributed by atoms with Crippen LogP contribution in [0.25, 0.3) is 0 Å². The van der Waals surface area contributed by atoms with Crippen LogP contribution in [0, 0.1) is 5.41 Å². The molecule has 8 unspecified atom stereocenters. The zero-order valence-electron chi connectivity index (χ0n) is 17.4. The van der Waals surface area contributed by atoms with Crippen LogP contribution in [0.3, 0.4) is 0 Å². The molecule has 2 spiro atoms. The van der Waals surface area contributed by atoms with Gasteiger partial charge in [0.15, 0.2) is 0 Å². The van der Waals surface area contributed by atoms with E-state index in [0.717, 1.165) is 5.41 Å². The molecule has 20 rings (SSSR count). The number of unbranched alkanes of at least 4 members (excludes halogenated alkanes) is 2. The summed E-state index contributed by atoms with van der Waals surface area (Å²) in [5.74, 6) is 0. The first-order chi connectivity index (χ1) is 13.7. The van der Waals surface area contributed by atoms with Gasteiger partial charge in [0.25, 0.3) is 0 Å². The van der Waals surface area contributed by atoms with E-state index in [1.807, 2.05) is 6.42 Å². The Hall–Kier alpha value is 1.04. The molecule has 0 amide bonds. The molecule has 0 aromatic rings. The van der Waals surface area contributed by atoms with E-state index in [-0.39, 0.29) is 0 Å². The van der Waals surface area contributed by atoms with Crippen molar-refractivity contribution < 1.29 is 13.0 Å². The van der Waals surface area contributed by atoms with Crippen molar-refractivity contribution in [1.29, 1.82) is 0 Å². The van der Waals surface area contributed by atoms with Crippen molar-refractivity contribution >= 4 is 0 Å². The summed E-state index contributed by atoms with van der Waals surface area (Å²) in [4.78, 5) is 28.6. The maximum atomic E-state index is 3.23. The van der Waals surface area contributed by atoms with Crippen LogP contribution in [0.5, 0.6) is 0 Å². The molecule has 8 atom stereocenters. The molecule has 20 heterocycles. The molecule has 0 bridgehead atoms. The van der Waals surface area contributed by atoms with Crippen molar-refractivity contribution in [3.8, 4) is 0 Å². The first-order valence-electron chi connectivity index (χ1n) is 14.1. The van der Waals surface area contributed by atoms with Gasteiger partial charge in [-0.1, -0.05) is 0 Å². The third kappa shape index (κ3) is 0.104. The van der Waals surface area contributed by atoms with E-state index in [9.17, 15) is 0 Å². The van der Waals surface area contributed by atoms with Crippen molar-refractivity contribution in [2.45, 2.75) is 135 Å². The Balaban J connectivity index is 1.08. The van der Waals surface area contributed by atoms with Crippen molar-refractivity contribution in [2.24, 2.45) is 5.41 Å². The Bertz CT molecular complexity index is 1830. The Morgan fingerprint density at radius 3 is 1.10 bits per heavy atom. The van der Waals surface area contributed by atoms with Gasteiger partial charge in [-0.2, -0.15) is 0 Å². The number of hydrogen-bond donors (Lipinski definition) is 0. The van der Waals surface area contributed by atoms with Crippen LogP contribution in [0.1, 0.15) is 39.5 Å². The minimum absolute atomic E-state index is 1.03. The molecule has 29 heavy (non-hydrogen) atoms. The van der Waals surface area contributed by atoms with Gasteiger partial charge in [-0.3, -0.25) is 0 Å². The molecule has 0 saturated carbocycles. The molecule has 0 aromatic heterocycles. The van der Waals surface area contributed by atoms with E-state index in [1.54, 1.807) is 99.5 Å². The van der Waals surface area contributed by atoms with E-state index in [4.69, 9.17) is 0 Å². The fraction of sp³-hybridized carbons (Fsp3) is 1.00. The fourth-order valence-corrected chi connectivity index (χ4v) is 190. The monoisotopic (exact) mass is 468 g/mol. The van der Waals surface area contributed by atoms with Gasteiger partial charge in [-0.25, -0.2) is 0 Å². The van der Waals surface area contributed by atoms with Gasteiger partial charge >= 0.3 is 153 Å². The zero-order chi connectivity index (χ0) is 17.4. The van der Waals surface area contributed by atoms with E-state index in [0.29, 0.717) is 0 Å². The van der Waals surface area contributed by atoms with E-state index in [1.165, 1.54) is 15.0 Å². The number of fused-ring (bicyclic) bond motifs is 20. The van der Waals surface area contributed by atoms with E-state index in [2.05, 4.69) is 13.8 Å². The van der Waals surface area contributed by atoms with Crippen LogP contribution in [-0.4, -0.2) is 0 Å². The number of hydrogen-bond acceptors (Lipinski definition) is 0. The van der Waals surface area contributed by atoms with Crippen molar-refractivity contribution in [2.75, 3.05) is 0 Å². The molecule has 0 N–H and O–H groups in total. The van der Waals surface area contributed by atoms with Gasteiger partial charge in [0.2, 0.25) is 0 Å². The van der Waals surface area contributed by atoms with Crippen LogP contribution in [0.15, 0.2) is 0 Å². The fourth-order valence-electron chi connectivity index (χ4n) is 36.9. The normalized spacial score (nSPS) is 141. The summed E-state index contributed by atoms with van der Waals surface area (Å²) in [5, 5.41) is 0. The average molecular weight is 468 g/mol. The van der Waals surface area contributed by atoms with Crippen LogP contribution >= 0.6 is 0 Å². The number of rotatable bonds is 6. The first kappa shape index (κ1) is 10.5. The molecule has 20 aliphatic heterocycles. The van der Waals surface area contributed by atoms with Crippen molar-refractivity contribution in [3.63, 3.8) is 0 Å². The Kier molecular flexibility index (Phi) is 0.297. The molecule has 0 aromatic carbocycles. The molecule has 20 aliphatic rings. The molecule has 0 nitrogen and oxygen atoms in total. The third-order valence-corrected chi connectivity index (χ3v) is 118. The van der Waals surface area contributed by atoms with E-state index < -0.39 is 13.0 Å². The second kappa shape index (κ2) is 0.818. The molecule has 156 valence electrons. The van der Waals surface area contributed by atoms with Gasteiger partial charge < -0.3 is 0 Å². The van der Waals surface area contributed by atoms with Gasteiger partial charge in [0.05, 0.1) is 0 Å². The van der Waals surface area contributed by atoms with Crippen molar-refractivity contribution in [3.05, 3.63) is 0 Å². The molecular weight excluding hydrogens is 436 g/mol. The summed E-state index contributed by atoms with van der Waals surface area (Å²) in [5.41, 5.74) is 1.03. The van der Waals surface area contributed by atoms with Gasteiger partial charge in [-0.15, -0.1) is 0 Å². The average Bonchev–Trinajstić information content (AvgIpc) is 3.62. The predicted octanol–water partition coefficient (Wildman–Crippen LogP) is 9.09. The summed E-state index contributed by atoms with van der Waals surface area (Å²) in [6, 6.07) is 0. The van der Waals surface area contributed by atoms with Crippen LogP contribution in [-0.2, 0) is 13.0 Å². The van der Waals surface area contributed by atoms with Gasteiger partial charge in [0, 0.05) is 0 Å². The van der Waals surface area contributed by atoms with Crippen LogP contribution in [0.4, 0.5) is 0 Å². The molecule has 0 radical (unpaired) electrons. The summed E-state index contributed by atoms with van der Waals surface area (Å²) in [7, 11) is 0. The summed E-state index contributed by atoms with van der Waals surface area (Å²) < 4.78 is 2.50. The van der Waals surface area contributed by atoms with Gasteiger partial charge in [-0.05, 0) is 0 Å². The Morgan fingerprint density at radius 1 is 0.552 bits per heavy atom. The summed E-state index contributed by atoms with van der Waals surface area (Å²) in [6.45, 7) is -0.329. The SMILES string of the molecule is CCCCCC(C)([C]12[CH]3[CH]4[CH]5[CH]1[Fe]45321678[CH]2[CH]1[CH]6[CH]7[CH]28)[C]12[CH]3[CH]4[CH]5[CH]1[Fe]45321678[CH]2[CH]1[CH]6[CH]7[CH]28. The van der Waals surface area contributed by atoms with Crippen molar-refractivity contribution in [1.82, 2.24) is 0 Å². The zero-order valence-corrected chi connectivity index (χ0v) is 19.6. The third-order valence-electron chi connectivity index (χ3n) is 32.3. The minimum atomic E-state index is -3.02. The van der Waals surface area contributed by atoms with Crippen LogP contribution in [0.2, 0.25) is 95.3 Å². The quantitative estimate of drug-likeness (QED) is 0.270. The molecule has 2 heteroatoms. The van der Waals surface area contributed by atoms with Gasteiger partial charge in [0.1, 0.15) is 0 Å². The maximum absolute atomic E-state index is 3.23. The predicted molar refractivity (Wildman–Crippen MR) is 105 cm³/mol. The molecule has 0 aliphatic carbocycles. The standard InChI is InChI=1S/C17H22.2C5H5.2Fe/c1-3-4-9-14-17(2,15-10-5-6-11-15)16-12-7-8-13-16;2*1-2-4-5-3-1;;/h5-8,10-13H,3-4,9,14H2,1-2H3;2*1-5H;;. The second-order valence-corrected chi connectivity index (χ2v) is 69.3. The Morgan fingerprint density at radius 2 is 0.897 bits per heavy atom. The first-order valence-corrected chi connectivity index (χ1v) is 26.7. The Labute approximate surface area is 152 Å². The second-order valence-electron chi connectivity index (χ2n) is 22.1. The van der Waals surface area contributed by atoms with E-state index >= 15 is 0 Å². The topological polar surface area (TPSA) is 0 Å². The summed E-state index contributed by atoms with van der Waals surface area (Å²) in [6.07, 6.45) is 6.59.